The van der Waals surface area contributed by atoms with Crippen molar-refractivity contribution in [3.63, 3.8) is 0 Å². The number of ether oxygens (including phenoxy) is 1. The Morgan fingerprint density at radius 2 is 1.48 bits per heavy atom. The molecule has 14 heteroatoms. The summed E-state index contributed by atoms with van der Waals surface area (Å²) in [5, 5.41) is 0. The molecular formula is C15H15F10N3O. The number of likely N-dealkylation sites (N-methyl/N-ethyl adjacent to an activating group) is 1. The first kappa shape index (κ1) is 23.4. The van der Waals surface area contributed by atoms with Crippen LogP contribution in [0.1, 0.15) is 13.3 Å². The molecule has 0 spiro atoms. The molecule has 0 aliphatic carbocycles. The Balaban J connectivity index is 2.32. The third-order valence-electron chi connectivity index (χ3n) is 4.22. The first-order valence-electron chi connectivity index (χ1n) is 8.01. The molecule has 2 rings (SSSR count). The lowest BCUT2D eigenvalue weighted by molar-refractivity contribution is -0.431. The van der Waals surface area contributed by atoms with Gasteiger partial charge in [0.05, 0.1) is 0 Å². The van der Waals surface area contributed by atoms with Gasteiger partial charge in [-0.3, -0.25) is 4.99 Å². The molecule has 0 saturated carbocycles. The Morgan fingerprint density at radius 1 is 0.897 bits per heavy atom. The topological polar surface area (TPSA) is 37.2 Å². The van der Waals surface area contributed by atoms with Gasteiger partial charge in [0.1, 0.15) is 12.4 Å². The van der Waals surface area contributed by atoms with E-state index in [1.807, 2.05) is 0 Å². The van der Waals surface area contributed by atoms with Gasteiger partial charge in [-0.2, -0.15) is 43.9 Å². The molecule has 0 saturated heterocycles. The fourth-order valence-electron chi connectivity index (χ4n) is 2.54. The quantitative estimate of drug-likeness (QED) is 0.577. The second-order valence-electron chi connectivity index (χ2n) is 6.60. The van der Waals surface area contributed by atoms with Crippen molar-refractivity contribution < 1.29 is 48.6 Å². The number of hydrogen-bond donors (Lipinski definition) is 0. The third-order valence-corrected chi connectivity index (χ3v) is 4.22. The molecule has 29 heavy (non-hydrogen) atoms. The molecule has 0 N–H and O–H groups in total. The van der Waals surface area contributed by atoms with Gasteiger partial charge in [-0.15, -0.1) is 0 Å². The van der Waals surface area contributed by atoms with Crippen LogP contribution in [0.5, 0.6) is 0 Å². The van der Waals surface area contributed by atoms with Gasteiger partial charge in [0.2, 0.25) is 5.90 Å². The van der Waals surface area contributed by atoms with E-state index in [0.717, 1.165) is 0 Å². The molecule has 2 aliphatic heterocycles. The second kappa shape index (κ2) is 7.13. The number of aliphatic imine (C=N–C) groups is 2. The zero-order valence-electron chi connectivity index (χ0n) is 14.9. The fraction of sp³-hybridized carbons (Fsp3) is 0.733. The van der Waals surface area contributed by atoms with Gasteiger partial charge < -0.3 is 9.64 Å². The van der Waals surface area contributed by atoms with E-state index in [4.69, 9.17) is 0 Å². The predicted octanol–water partition coefficient (Wildman–Crippen LogP) is 4.23. The van der Waals surface area contributed by atoms with Gasteiger partial charge in [-0.05, 0) is 19.0 Å². The molecule has 0 aromatic carbocycles. The van der Waals surface area contributed by atoms with E-state index < -0.39 is 55.0 Å². The summed E-state index contributed by atoms with van der Waals surface area (Å²) in [5.74, 6) is -28.0. The van der Waals surface area contributed by atoms with Gasteiger partial charge in [-0.25, -0.2) is 4.99 Å². The third kappa shape index (κ3) is 3.82. The molecule has 0 aromatic heterocycles. The zero-order chi connectivity index (χ0) is 22.5. The van der Waals surface area contributed by atoms with Crippen molar-refractivity contribution in [2.45, 2.75) is 43.1 Å². The van der Waals surface area contributed by atoms with E-state index in [1.165, 1.54) is 6.08 Å². The van der Waals surface area contributed by atoms with E-state index in [0.29, 0.717) is 13.0 Å². The summed E-state index contributed by atoms with van der Waals surface area (Å²) in [6, 6.07) is 0. The van der Waals surface area contributed by atoms with Gasteiger partial charge in [0, 0.05) is 20.0 Å². The van der Waals surface area contributed by atoms with E-state index in [2.05, 4.69) is 14.7 Å². The molecule has 0 aromatic rings. The summed E-state index contributed by atoms with van der Waals surface area (Å²) >= 11 is 0. The van der Waals surface area contributed by atoms with Crippen molar-refractivity contribution in [3.05, 3.63) is 11.6 Å². The highest BCUT2D eigenvalue weighted by Crippen LogP contribution is 2.57. The minimum atomic E-state index is -7.16. The van der Waals surface area contributed by atoms with Crippen molar-refractivity contribution >= 4 is 11.6 Å². The Bertz CT molecular complexity index is 739. The molecular weight excluding hydrogens is 428 g/mol. The molecule has 166 valence electrons. The molecule has 0 radical (unpaired) electrons. The lowest BCUT2D eigenvalue weighted by Crippen LogP contribution is -2.67. The number of nitrogens with zero attached hydrogens (tertiary/aromatic N) is 3. The molecule has 0 atom stereocenters. The molecule has 4 nitrogen and oxygen atoms in total. The maximum Gasteiger partial charge on any atom is 0.472 e. The number of hydrogen-bond acceptors (Lipinski definition) is 4. The van der Waals surface area contributed by atoms with Crippen molar-refractivity contribution in [1.82, 2.24) is 4.90 Å². The van der Waals surface area contributed by atoms with Crippen LogP contribution in [0.15, 0.2) is 21.6 Å². The summed E-state index contributed by atoms with van der Waals surface area (Å²) < 4.78 is 138. The molecule has 2 heterocycles. The van der Waals surface area contributed by atoms with Crippen LogP contribution < -0.4 is 0 Å². The highest BCUT2D eigenvalue weighted by molar-refractivity contribution is 6.46. The maximum absolute atomic E-state index is 13.9. The van der Waals surface area contributed by atoms with Crippen molar-refractivity contribution in [3.8, 4) is 0 Å². The van der Waals surface area contributed by atoms with Crippen LogP contribution in [0, 0.1) is 0 Å². The van der Waals surface area contributed by atoms with Crippen molar-refractivity contribution in [2.24, 2.45) is 9.98 Å². The smallest absolute Gasteiger partial charge is 0.408 e. The fourth-order valence-corrected chi connectivity index (χ4v) is 2.54. The first-order chi connectivity index (χ1) is 13.0. The molecule has 0 unspecified atom stereocenters. The molecule has 0 bridgehead atoms. The van der Waals surface area contributed by atoms with Crippen molar-refractivity contribution in [2.75, 3.05) is 26.8 Å². The standard InChI is InChI=1S/C15H15F10N3O/c1-11(16,17)12(18,19)13(20,21)14(22,23)15(24,25)29-10-9(26-7-27-10)8-4-3-5-28(2)6-8/h4H,3,5-7H2,1-2H3. The van der Waals surface area contributed by atoms with Gasteiger partial charge >= 0.3 is 29.8 Å². The summed E-state index contributed by atoms with van der Waals surface area (Å²) in [6.45, 7) is -0.675. The number of rotatable bonds is 6. The van der Waals surface area contributed by atoms with Crippen LogP contribution >= 0.6 is 0 Å². The number of halogens is 10. The first-order valence-corrected chi connectivity index (χ1v) is 8.01. The lowest BCUT2D eigenvalue weighted by Gasteiger charge is -2.38. The maximum atomic E-state index is 13.9. The van der Waals surface area contributed by atoms with Gasteiger partial charge in [-0.1, -0.05) is 6.08 Å². The van der Waals surface area contributed by atoms with E-state index in [-0.39, 0.29) is 12.1 Å². The van der Waals surface area contributed by atoms with Crippen LogP contribution in [-0.2, 0) is 4.74 Å². The summed E-state index contributed by atoms with van der Waals surface area (Å²) in [4.78, 5) is 8.59. The average molecular weight is 443 g/mol. The molecule has 0 amide bonds. The predicted molar refractivity (Wildman–Crippen MR) is 81.4 cm³/mol. The Labute approximate surface area is 157 Å². The Hall–Kier alpha value is -1.86. The second-order valence-corrected chi connectivity index (χ2v) is 6.60. The Morgan fingerprint density at radius 3 is 2.00 bits per heavy atom. The van der Waals surface area contributed by atoms with Crippen LogP contribution in [0.4, 0.5) is 43.9 Å². The molecule has 0 fully saturated rings. The van der Waals surface area contributed by atoms with Crippen molar-refractivity contribution in [1.29, 1.82) is 0 Å². The monoisotopic (exact) mass is 443 g/mol. The largest absolute Gasteiger partial charge is 0.472 e. The summed E-state index contributed by atoms with van der Waals surface area (Å²) in [5.41, 5.74) is -0.228. The van der Waals surface area contributed by atoms with Crippen LogP contribution in [0.25, 0.3) is 0 Å². The van der Waals surface area contributed by atoms with Gasteiger partial charge in [0.25, 0.3) is 0 Å². The van der Waals surface area contributed by atoms with Gasteiger partial charge in [0.15, 0.2) is 0 Å². The van der Waals surface area contributed by atoms with E-state index in [9.17, 15) is 43.9 Å². The number of alkyl halides is 10. The summed E-state index contributed by atoms with van der Waals surface area (Å²) in [6.07, 6.45) is -4.39. The van der Waals surface area contributed by atoms with Crippen LogP contribution in [-0.4, -0.2) is 73.1 Å². The van der Waals surface area contributed by atoms with Crippen LogP contribution in [0.2, 0.25) is 0 Å². The highest BCUT2D eigenvalue weighted by atomic mass is 19.4. The minimum Gasteiger partial charge on any atom is -0.408 e. The average Bonchev–Trinajstić information content (AvgIpc) is 3.00. The summed E-state index contributed by atoms with van der Waals surface area (Å²) in [7, 11) is 1.64. The Kier molecular flexibility index (Phi) is 5.76. The minimum absolute atomic E-state index is 0.111. The molecule has 2 aliphatic rings. The van der Waals surface area contributed by atoms with E-state index in [1.54, 1.807) is 11.9 Å². The SMILES string of the molecule is CN1CCC=C(C2=NCN=C2OC(F)(F)C(F)(F)C(F)(F)C(F)(F)C(C)(F)F)C1. The lowest BCUT2D eigenvalue weighted by atomic mass is 9.98. The van der Waals surface area contributed by atoms with Crippen LogP contribution in [0.3, 0.4) is 0 Å². The van der Waals surface area contributed by atoms with E-state index >= 15 is 0 Å². The normalized spacial score (nSPS) is 20.3. The zero-order valence-corrected chi connectivity index (χ0v) is 14.9. The highest BCUT2D eigenvalue weighted by Gasteiger charge is 2.87.